The lowest BCUT2D eigenvalue weighted by molar-refractivity contribution is -0.401. The summed E-state index contributed by atoms with van der Waals surface area (Å²) in [4.78, 5) is 14.3. The van der Waals surface area contributed by atoms with E-state index in [1.807, 2.05) is 20.8 Å². The second-order valence-electron chi connectivity index (χ2n) is 5.59. The van der Waals surface area contributed by atoms with Crippen molar-refractivity contribution in [1.29, 1.82) is 0 Å². The number of isocyanates is 1. The molecule has 0 aliphatic carbocycles. The normalized spacial score (nSPS) is 12.9. The van der Waals surface area contributed by atoms with Gasteiger partial charge in [-0.05, 0) is 27.2 Å². The Balaban J connectivity index is 4.78. The quantitative estimate of drug-likeness (QED) is 0.182. The highest BCUT2D eigenvalue weighted by Crippen LogP contribution is 2.31. The van der Waals surface area contributed by atoms with Gasteiger partial charge in [0.05, 0.1) is 12.5 Å². The van der Waals surface area contributed by atoms with Crippen LogP contribution in [0.5, 0.6) is 0 Å². The molecule has 23 heavy (non-hydrogen) atoms. The third-order valence-electron chi connectivity index (χ3n) is 3.82. The number of unbranched alkanes of at least 4 members (excludes halogenated alkanes) is 5. The van der Waals surface area contributed by atoms with Crippen LogP contribution >= 0.6 is 0 Å². The molecular weight excluding hydrogens is 294 g/mol. The summed E-state index contributed by atoms with van der Waals surface area (Å²) in [6, 6.07) is 0. The Hall–Kier alpha value is -0.740. The molecule has 0 spiro atoms. The monoisotopic (exact) mass is 329 g/mol. The van der Waals surface area contributed by atoms with Gasteiger partial charge in [-0.2, -0.15) is 0 Å². The van der Waals surface area contributed by atoms with Crippen molar-refractivity contribution in [2.45, 2.75) is 78.6 Å². The number of ether oxygens (including phenoxy) is 3. The van der Waals surface area contributed by atoms with E-state index < -0.39 is 5.97 Å². The Morgan fingerprint density at radius 2 is 1.39 bits per heavy atom. The molecule has 136 valence electrons. The first-order chi connectivity index (χ1) is 11.2. The van der Waals surface area contributed by atoms with Crippen molar-refractivity contribution in [3.8, 4) is 0 Å². The fraction of sp³-hybridized carbons (Fsp3) is 0.944. The Morgan fingerprint density at radius 1 is 0.870 bits per heavy atom. The molecule has 0 rings (SSSR count). The second-order valence-corrected chi connectivity index (χ2v) is 5.59. The van der Waals surface area contributed by atoms with Crippen LogP contribution < -0.4 is 0 Å². The smallest absolute Gasteiger partial charge is 0.287 e. The molecule has 0 heterocycles. The first kappa shape index (κ1) is 22.3. The Kier molecular flexibility index (Phi) is 14.4. The van der Waals surface area contributed by atoms with Crippen molar-refractivity contribution in [3.05, 3.63) is 0 Å². The van der Waals surface area contributed by atoms with Crippen molar-refractivity contribution in [3.63, 3.8) is 0 Å². The van der Waals surface area contributed by atoms with E-state index in [9.17, 15) is 4.79 Å². The maximum absolute atomic E-state index is 10.5. The van der Waals surface area contributed by atoms with E-state index >= 15 is 0 Å². The summed E-state index contributed by atoms with van der Waals surface area (Å²) >= 11 is 0. The van der Waals surface area contributed by atoms with Crippen LogP contribution in [0.15, 0.2) is 4.99 Å². The fourth-order valence-corrected chi connectivity index (χ4v) is 2.78. The molecule has 0 aromatic rings. The highest BCUT2D eigenvalue weighted by molar-refractivity contribution is 5.32. The van der Waals surface area contributed by atoms with Gasteiger partial charge in [-0.25, -0.2) is 9.79 Å². The van der Waals surface area contributed by atoms with Crippen LogP contribution in [0.25, 0.3) is 0 Å². The summed E-state index contributed by atoms with van der Waals surface area (Å²) in [5.41, 5.74) is 0. The van der Waals surface area contributed by atoms with Crippen LogP contribution in [0.3, 0.4) is 0 Å². The first-order valence-corrected chi connectivity index (χ1v) is 9.16. The molecule has 0 fully saturated rings. The lowest BCUT2D eigenvalue weighted by atomic mass is 9.97. The molecule has 0 aliphatic rings. The lowest BCUT2D eigenvalue weighted by Gasteiger charge is -2.38. The number of aliphatic imine (C=N–C) groups is 1. The van der Waals surface area contributed by atoms with E-state index in [4.69, 9.17) is 14.2 Å². The summed E-state index contributed by atoms with van der Waals surface area (Å²) < 4.78 is 17.5. The van der Waals surface area contributed by atoms with E-state index in [2.05, 4.69) is 11.9 Å². The zero-order valence-electron chi connectivity index (χ0n) is 15.4. The van der Waals surface area contributed by atoms with E-state index in [0.717, 1.165) is 12.8 Å². The lowest BCUT2D eigenvalue weighted by Crippen LogP contribution is -2.48. The Bertz CT molecular complexity index is 299. The topological polar surface area (TPSA) is 57.1 Å². The van der Waals surface area contributed by atoms with Crippen LogP contribution in [-0.2, 0) is 19.0 Å². The average molecular weight is 329 g/mol. The van der Waals surface area contributed by atoms with Gasteiger partial charge in [0.1, 0.15) is 0 Å². The molecule has 1 unspecified atom stereocenters. The molecule has 0 aliphatic heterocycles. The Labute approximate surface area is 141 Å². The van der Waals surface area contributed by atoms with Crippen molar-refractivity contribution in [1.82, 2.24) is 0 Å². The molecule has 5 nitrogen and oxygen atoms in total. The van der Waals surface area contributed by atoms with Gasteiger partial charge < -0.3 is 14.2 Å². The highest BCUT2D eigenvalue weighted by Gasteiger charge is 2.41. The van der Waals surface area contributed by atoms with Crippen molar-refractivity contribution in [2.75, 3.05) is 26.4 Å². The molecule has 0 aromatic carbocycles. The van der Waals surface area contributed by atoms with Crippen LogP contribution in [0.2, 0.25) is 0 Å². The molecule has 0 saturated carbocycles. The van der Waals surface area contributed by atoms with Crippen LogP contribution in [0.1, 0.15) is 72.6 Å². The number of hydrogen-bond acceptors (Lipinski definition) is 5. The SMILES string of the molecule is CCCCCCCCC(CN=C=O)C(OCC)(OCC)OCC. The highest BCUT2D eigenvalue weighted by atomic mass is 16.9. The van der Waals surface area contributed by atoms with E-state index in [0.29, 0.717) is 26.4 Å². The van der Waals surface area contributed by atoms with Gasteiger partial charge in [-0.15, -0.1) is 0 Å². The standard InChI is InChI=1S/C18H35NO4/c1-5-9-10-11-12-13-14-17(15-19-16-20)18(21-6-2,22-7-3)23-8-4/h17H,5-15H2,1-4H3. The third-order valence-corrected chi connectivity index (χ3v) is 3.82. The van der Waals surface area contributed by atoms with Crippen LogP contribution in [0.4, 0.5) is 0 Å². The third kappa shape index (κ3) is 9.21. The minimum absolute atomic E-state index is 0.102. The molecular formula is C18H35NO4. The summed E-state index contributed by atoms with van der Waals surface area (Å²) in [6.45, 7) is 9.73. The summed E-state index contributed by atoms with van der Waals surface area (Å²) in [6.07, 6.45) is 9.76. The number of nitrogens with zero attached hydrogens (tertiary/aromatic N) is 1. The minimum atomic E-state index is -1.11. The van der Waals surface area contributed by atoms with Gasteiger partial charge in [0, 0.05) is 19.8 Å². The van der Waals surface area contributed by atoms with Crippen LogP contribution in [-0.4, -0.2) is 38.4 Å². The summed E-state index contributed by atoms with van der Waals surface area (Å²) in [7, 11) is 0. The molecule has 5 heteroatoms. The predicted octanol–water partition coefficient (Wildman–Crippen LogP) is 4.45. The number of hydrogen-bond donors (Lipinski definition) is 0. The van der Waals surface area contributed by atoms with E-state index in [1.54, 1.807) is 6.08 Å². The number of carbonyl (C=O) groups excluding carboxylic acids is 1. The second kappa shape index (κ2) is 14.8. The van der Waals surface area contributed by atoms with Crippen LogP contribution in [0, 0.1) is 5.92 Å². The molecule has 0 N–H and O–H groups in total. The van der Waals surface area contributed by atoms with Crippen molar-refractivity contribution in [2.24, 2.45) is 10.9 Å². The minimum Gasteiger partial charge on any atom is -0.327 e. The zero-order valence-corrected chi connectivity index (χ0v) is 15.4. The van der Waals surface area contributed by atoms with Gasteiger partial charge in [0.2, 0.25) is 6.08 Å². The fourth-order valence-electron chi connectivity index (χ4n) is 2.78. The first-order valence-electron chi connectivity index (χ1n) is 9.16. The predicted molar refractivity (Wildman–Crippen MR) is 92.1 cm³/mol. The largest absolute Gasteiger partial charge is 0.327 e. The summed E-state index contributed by atoms with van der Waals surface area (Å²) in [5.74, 6) is -1.21. The van der Waals surface area contributed by atoms with E-state index in [-0.39, 0.29) is 5.92 Å². The maximum Gasteiger partial charge on any atom is 0.287 e. The van der Waals surface area contributed by atoms with Crippen molar-refractivity contribution < 1.29 is 19.0 Å². The molecule has 0 aromatic heterocycles. The average Bonchev–Trinajstić information content (AvgIpc) is 2.54. The van der Waals surface area contributed by atoms with Gasteiger partial charge >= 0.3 is 0 Å². The van der Waals surface area contributed by atoms with E-state index in [1.165, 1.54) is 32.1 Å². The number of rotatable bonds is 16. The molecule has 0 bridgehead atoms. The van der Waals surface area contributed by atoms with Gasteiger partial charge in [0.15, 0.2) is 0 Å². The Morgan fingerprint density at radius 3 is 1.87 bits per heavy atom. The van der Waals surface area contributed by atoms with Gasteiger partial charge in [-0.1, -0.05) is 45.4 Å². The van der Waals surface area contributed by atoms with Gasteiger partial charge in [-0.3, -0.25) is 0 Å². The molecule has 1 atom stereocenters. The maximum atomic E-state index is 10.5. The molecule has 0 saturated heterocycles. The van der Waals surface area contributed by atoms with Crippen molar-refractivity contribution >= 4 is 6.08 Å². The zero-order chi connectivity index (χ0) is 17.4. The molecule has 0 amide bonds. The molecule has 0 radical (unpaired) electrons. The summed E-state index contributed by atoms with van der Waals surface area (Å²) in [5, 5.41) is 0. The van der Waals surface area contributed by atoms with Gasteiger partial charge in [0.25, 0.3) is 5.97 Å².